The van der Waals surface area contributed by atoms with Gasteiger partial charge in [-0.05, 0) is 56.1 Å². The number of amides is 4. The van der Waals surface area contributed by atoms with Crippen LogP contribution in [0.2, 0.25) is 0 Å². The molecular formula is C51H78N12O16. The fourth-order valence-electron chi connectivity index (χ4n) is 9.24. The highest BCUT2D eigenvalue weighted by molar-refractivity contribution is 5.86. The summed E-state index contributed by atoms with van der Waals surface area (Å²) in [4.78, 5) is 129. The number of aliphatic carboxylic acids is 6. The van der Waals surface area contributed by atoms with Gasteiger partial charge in [-0.3, -0.25) is 38.7 Å². The van der Waals surface area contributed by atoms with E-state index in [4.69, 9.17) is 20.1 Å². The summed E-state index contributed by atoms with van der Waals surface area (Å²) in [6, 6.07) is 3.18. The Balaban J connectivity index is 1.27. The predicted octanol–water partition coefficient (Wildman–Crippen LogP) is 0.567. The molecule has 1 aromatic heterocycles. The topological polar surface area (TPSA) is 398 Å². The van der Waals surface area contributed by atoms with Crippen LogP contribution in [-0.4, -0.2) is 240 Å². The van der Waals surface area contributed by atoms with Gasteiger partial charge >= 0.3 is 47.9 Å². The van der Waals surface area contributed by atoms with Gasteiger partial charge in [0.2, 0.25) is 11.9 Å². The monoisotopic (exact) mass is 1110 g/mol. The lowest BCUT2D eigenvalue weighted by Gasteiger charge is -2.37. The highest BCUT2D eigenvalue weighted by atomic mass is 16.4. The second-order valence-electron chi connectivity index (χ2n) is 19.8. The Labute approximate surface area is 457 Å². The number of piperazine rings is 1. The van der Waals surface area contributed by atoms with E-state index < -0.39 is 79.0 Å². The van der Waals surface area contributed by atoms with Crippen molar-refractivity contribution in [3.05, 3.63) is 47.0 Å². The number of anilines is 1. The SMILES string of the molecule is O=C(O)CC[C@H](NC(=O)N[C@@H](CCCCNC(=O)CCCCCCCCc1nc(Cc2ccc(CC3CN(C(=O)O)CCN(CC(=O)O)CCN(CC(=O)O)CCN3CC(=O)O)cc2)nc(N2CCNCC2)n1)C(=O)O)C(=O)O. The second-order valence-corrected chi connectivity index (χ2v) is 19.8. The number of carbonyl (C=O) groups excluding carboxylic acids is 2. The molecule has 2 fully saturated rings. The standard InChI is InChI=1S/C51H78N12O16/c64-42(53-18-8-7-9-38(47(73)74)54-50(77)55-39(48(75)76)16-17-43(65)66)11-6-4-2-1-3-5-10-40-56-41(58-49(57-40)61-21-19-52-20-22-61)30-36-14-12-35(13-15-36)29-37-31-63(51(78)79)28-26-60(33-45(69)70)24-23-59(32-44(67)68)25-27-62(37)34-46(71)72/h12-15,37-39,52H,1-11,16-34H2,(H,53,64)(H,65,66)(H,67,68)(H,69,70)(H,71,72)(H,73,74)(H,75,76)(H,78,79)(H2,54,55,77)/t37?,38-,39-/m0/s1. The summed E-state index contributed by atoms with van der Waals surface area (Å²) < 4.78 is 0. The molecule has 2 aliphatic rings. The van der Waals surface area contributed by atoms with Crippen LogP contribution in [-0.2, 0) is 52.8 Å². The maximum absolute atomic E-state index is 12.5. The molecule has 2 saturated heterocycles. The van der Waals surface area contributed by atoms with Crippen molar-refractivity contribution in [3.63, 3.8) is 0 Å². The minimum Gasteiger partial charge on any atom is -0.481 e. The fraction of sp³-hybridized carbons (Fsp3) is 0.647. The lowest BCUT2D eigenvalue weighted by Crippen LogP contribution is -2.53. The largest absolute Gasteiger partial charge is 0.481 e. The molecule has 438 valence electrons. The van der Waals surface area contributed by atoms with Gasteiger partial charge < -0.3 is 66.8 Å². The van der Waals surface area contributed by atoms with Gasteiger partial charge in [-0.15, -0.1) is 0 Å². The zero-order valence-corrected chi connectivity index (χ0v) is 44.6. The van der Waals surface area contributed by atoms with Gasteiger partial charge in [0.25, 0.3) is 0 Å². The number of benzene rings is 1. The van der Waals surface area contributed by atoms with Crippen molar-refractivity contribution in [1.82, 2.24) is 55.8 Å². The van der Waals surface area contributed by atoms with Crippen LogP contribution in [0.25, 0.3) is 0 Å². The van der Waals surface area contributed by atoms with Gasteiger partial charge in [-0.2, -0.15) is 9.97 Å². The first-order chi connectivity index (χ1) is 37.7. The van der Waals surface area contributed by atoms with Crippen molar-refractivity contribution in [2.45, 2.75) is 114 Å². The van der Waals surface area contributed by atoms with Gasteiger partial charge in [-0.25, -0.2) is 24.2 Å². The molecule has 2 aromatic rings. The van der Waals surface area contributed by atoms with Crippen molar-refractivity contribution >= 4 is 59.8 Å². The zero-order valence-electron chi connectivity index (χ0n) is 44.6. The predicted molar refractivity (Wildman–Crippen MR) is 283 cm³/mol. The van der Waals surface area contributed by atoms with Gasteiger partial charge in [0.05, 0.1) is 19.6 Å². The lowest BCUT2D eigenvalue weighted by atomic mass is 10.0. The number of aromatic nitrogens is 3. The number of nitrogens with one attached hydrogen (secondary N) is 4. The number of aryl methyl sites for hydroxylation is 1. The second kappa shape index (κ2) is 34.6. The maximum atomic E-state index is 12.5. The van der Waals surface area contributed by atoms with Crippen LogP contribution in [0.3, 0.4) is 0 Å². The maximum Gasteiger partial charge on any atom is 0.407 e. The summed E-state index contributed by atoms with van der Waals surface area (Å²) in [6.07, 6.45) is 5.55. The van der Waals surface area contributed by atoms with E-state index in [0.717, 1.165) is 69.4 Å². The van der Waals surface area contributed by atoms with Crippen LogP contribution in [0, 0.1) is 0 Å². The van der Waals surface area contributed by atoms with Crippen LogP contribution in [0.1, 0.15) is 99.8 Å². The van der Waals surface area contributed by atoms with Crippen molar-refractivity contribution in [2.75, 3.05) is 103 Å². The molecule has 1 unspecified atom stereocenters. The van der Waals surface area contributed by atoms with Crippen molar-refractivity contribution in [2.24, 2.45) is 0 Å². The molecule has 0 radical (unpaired) electrons. The number of urea groups is 1. The van der Waals surface area contributed by atoms with E-state index in [0.29, 0.717) is 62.7 Å². The summed E-state index contributed by atoms with van der Waals surface area (Å²) in [5.41, 5.74) is 1.72. The van der Waals surface area contributed by atoms with Crippen LogP contribution >= 0.6 is 0 Å². The summed E-state index contributed by atoms with van der Waals surface area (Å²) >= 11 is 0. The first kappa shape index (κ1) is 64.2. The minimum atomic E-state index is -1.50. The first-order valence-electron chi connectivity index (χ1n) is 26.8. The molecule has 3 heterocycles. The molecule has 79 heavy (non-hydrogen) atoms. The summed E-state index contributed by atoms with van der Waals surface area (Å²) in [5.74, 6) is -5.57. The Morgan fingerprint density at radius 1 is 0.570 bits per heavy atom. The van der Waals surface area contributed by atoms with Gasteiger partial charge in [0.15, 0.2) is 0 Å². The molecule has 0 aliphatic carbocycles. The number of carbonyl (C=O) groups is 9. The molecule has 0 spiro atoms. The van der Waals surface area contributed by atoms with Crippen LogP contribution in [0.15, 0.2) is 24.3 Å². The minimum absolute atomic E-state index is 0.0261. The molecule has 11 N–H and O–H groups in total. The summed E-state index contributed by atoms with van der Waals surface area (Å²) in [6.45, 7) is 2.82. The lowest BCUT2D eigenvalue weighted by molar-refractivity contribution is -0.141. The van der Waals surface area contributed by atoms with Crippen LogP contribution in [0.4, 0.5) is 15.5 Å². The van der Waals surface area contributed by atoms with E-state index in [2.05, 4.69) is 26.2 Å². The smallest absolute Gasteiger partial charge is 0.407 e. The molecule has 4 amide bonds. The number of hydrogen-bond donors (Lipinski definition) is 11. The number of unbranched alkanes of at least 4 members (excludes halogenated alkanes) is 6. The van der Waals surface area contributed by atoms with Gasteiger partial charge in [0.1, 0.15) is 23.7 Å². The normalized spacial score (nSPS) is 16.8. The van der Waals surface area contributed by atoms with Crippen molar-refractivity contribution in [3.8, 4) is 0 Å². The first-order valence-corrected chi connectivity index (χ1v) is 26.8. The number of hydrogen-bond acceptors (Lipinski definition) is 17. The Kier molecular flexibility index (Phi) is 28.1. The number of carboxylic acid groups (broad SMARTS) is 7. The summed E-state index contributed by atoms with van der Waals surface area (Å²) in [7, 11) is 0. The average molecular weight is 1120 g/mol. The zero-order chi connectivity index (χ0) is 57.7. The van der Waals surface area contributed by atoms with E-state index in [1.807, 2.05) is 24.3 Å². The van der Waals surface area contributed by atoms with E-state index in [9.17, 15) is 73.8 Å². The van der Waals surface area contributed by atoms with Crippen molar-refractivity contribution < 1.29 is 78.9 Å². The van der Waals surface area contributed by atoms with E-state index in [1.54, 1.807) is 14.7 Å². The molecule has 0 saturated carbocycles. The number of nitrogens with zero attached hydrogens (tertiary/aromatic N) is 8. The Morgan fingerprint density at radius 2 is 1.13 bits per heavy atom. The quantitative estimate of drug-likeness (QED) is 0.0446. The van der Waals surface area contributed by atoms with E-state index in [1.165, 1.54) is 4.90 Å². The fourth-order valence-corrected chi connectivity index (χ4v) is 9.24. The third kappa shape index (κ3) is 25.8. The van der Waals surface area contributed by atoms with E-state index >= 15 is 0 Å². The summed E-state index contributed by atoms with van der Waals surface area (Å²) in [5, 5.41) is 77.3. The van der Waals surface area contributed by atoms with E-state index in [-0.39, 0.29) is 84.1 Å². The van der Waals surface area contributed by atoms with Gasteiger partial charge in [0, 0.05) is 110 Å². The Bertz CT molecular complexity index is 2330. The highest BCUT2D eigenvalue weighted by Crippen LogP contribution is 2.19. The molecule has 0 bridgehead atoms. The number of rotatable bonds is 32. The number of carboxylic acids is 6. The average Bonchev–Trinajstić information content (AvgIpc) is 3.38. The van der Waals surface area contributed by atoms with Crippen LogP contribution in [0.5, 0.6) is 0 Å². The Hall–Kier alpha value is -7.30. The molecule has 4 rings (SSSR count). The highest BCUT2D eigenvalue weighted by Gasteiger charge is 2.29. The third-order valence-corrected chi connectivity index (χ3v) is 13.5. The van der Waals surface area contributed by atoms with Crippen LogP contribution < -0.4 is 26.2 Å². The molecule has 28 heteroatoms. The Morgan fingerprint density at radius 3 is 1.72 bits per heavy atom. The molecular weight excluding hydrogens is 1040 g/mol. The molecule has 1 aromatic carbocycles. The molecule has 2 aliphatic heterocycles. The van der Waals surface area contributed by atoms with Gasteiger partial charge in [-0.1, -0.05) is 49.9 Å². The molecule has 28 nitrogen and oxygen atoms in total. The third-order valence-electron chi connectivity index (χ3n) is 13.5. The van der Waals surface area contributed by atoms with Crippen molar-refractivity contribution in [1.29, 1.82) is 0 Å². The molecule has 3 atom stereocenters.